The molecule has 1 aliphatic heterocycles. The molecule has 144 valence electrons. The normalized spacial score (nSPS) is 15.5. The second-order valence-corrected chi connectivity index (χ2v) is 7.75. The molecule has 2 heterocycles. The van der Waals surface area contributed by atoms with Gasteiger partial charge in [0.15, 0.2) is 0 Å². The first-order valence-electron chi connectivity index (χ1n) is 9.04. The van der Waals surface area contributed by atoms with E-state index in [2.05, 4.69) is 24.0 Å². The van der Waals surface area contributed by atoms with Gasteiger partial charge >= 0.3 is 0 Å². The maximum Gasteiger partial charge on any atom is 0.227 e. The molecule has 0 bridgehead atoms. The summed E-state index contributed by atoms with van der Waals surface area (Å²) < 4.78 is 11.3. The topological polar surface area (TPSA) is 42.7 Å². The Labute approximate surface area is 173 Å². The molecule has 4 nitrogen and oxygen atoms in total. The Morgan fingerprint density at radius 1 is 1.18 bits per heavy atom. The average Bonchev–Trinajstić information content (AvgIpc) is 2.98. The zero-order chi connectivity index (χ0) is 19.7. The van der Waals surface area contributed by atoms with Gasteiger partial charge in [0, 0.05) is 33.4 Å². The molecule has 1 aliphatic rings. The van der Waals surface area contributed by atoms with Crippen LogP contribution in [0.1, 0.15) is 23.8 Å². The van der Waals surface area contributed by atoms with Crippen LogP contribution in [0.15, 0.2) is 64.0 Å². The second-order valence-electron chi connectivity index (χ2n) is 6.91. The van der Waals surface area contributed by atoms with Crippen LogP contribution in [-0.4, -0.2) is 6.04 Å². The van der Waals surface area contributed by atoms with Crippen molar-refractivity contribution >= 4 is 28.9 Å². The number of benzene rings is 2. The largest absolute Gasteiger partial charge is 0.482 e. The van der Waals surface area contributed by atoms with E-state index < -0.39 is 0 Å². The standard InChI is InChI=1S/C22H19Cl2NO3/c1-14-8-15-4-2-3-5-20(15)25(14)11-18-10-21(26)22(13-27-18)28-12-16-6-7-17(23)9-19(16)24/h2-7,9-10,13-14H,8,11-12H2,1H3/t14-/m1/s1. The summed E-state index contributed by atoms with van der Waals surface area (Å²) in [6.07, 6.45) is 2.36. The molecule has 0 N–H and O–H groups in total. The minimum atomic E-state index is -0.216. The van der Waals surface area contributed by atoms with Gasteiger partial charge in [-0.05, 0) is 37.1 Å². The second kappa shape index (κ2) is 7.90. The average molecular weight is 416 g/mol. The van der Waals surface area contributed by atoms with Crippen molar-refractivity contribution in [2.45, 2.75) is 32.5 Å². The van der Waals surface area contributed by atoms with E-state index in [0.29, 0.717) is 28.4 Å². The molecule has 28 heavy (non-hydrogen) atoms. The Morgan fingerprint density at radius 3 is 2.79 bits per heavy atom. The number of halogens is 2. The highest BCUT2D eigenvalue weighted by molar-refractivity contribution is 6.35. The molecular weight excluding hydrogens is 397 g/mol. The molecule has 0 aliphatic carbocycles. The van der Waals surface area contributed by atoms with Crippen LogP contribution < -0.4 is 15.1 Å². The molecule has 6 heteroatoms. The minimum Gasteiger partial charge on any atom is -0.482 e. The summed E-state index contributed by atoms with van der Waals surface area (Å²) >= 11 is 12.0. The van der Waals surface area contributed by atoms with E-state index >= 15 is 0 Å². The van der Waals surface area contributed by atoms with E-state index in [1.54, 1.807) is 18.2 Å². The number of hydrogen-bond donors (Lipinski definition) is 0. The molecule has 2 aromatic carbocycles. The Kier molecular flexibility index (Phi) is 5.33. The summed E-state index contributed by atoms with van der Waals surface area (Å²) in [4.78, 5) is 14.7. The van der Waals surface area contributed by atoms with Gasteiger partial charge < -0.3 is 14.1 Å². The maximum atomic E-state index is 12.4. The lowest BCUT2D eigenvalue weighted by Gasteiger charge is -2.24. The van der Waals surface area contributed by atoms with E-state index in [4.69, 9.17) is 32.4 Å². The van der Waals surface area contributed by atoms with Crippen LogP contribution in [0.3, 0.4) is 0 Å². The first-order valence-corrected chi connectivity index (χ1v) is 9.80. The predicted molar refractivity (Wildman–Crippen MR) is 112 cm³/mol. The molecule has 0 fully saturated rings. The molecule has 3 aromatic rings. The van der Waals surface area contributed by atoms with E-state index in [9.17, 15) is 4.79 Å². The van der Waals surface area contributed by atoms with Crippen molar-refractivity contribution in [3.05, 3.63) is 91.9 Å². The number of ether oxygens (including phenoxy) is 1. The van der Waals surface area contributed by atoms with Gasteiger partial charge in [0.25, 0.3) is 0 Å². The van der Waals surface area contributed by atoms with Gasteiger partial charge in [-0.1, -0.05) is 47.5 Å². The predicted octanol–water partition coefficient (Wildman–Crippen LogP) is 5.48. The first kappa shape index (κ1) is 18.9. The third-order valence-corrected chi connectivity index (χ3v) is 5.51. The smallest absolute Gasteiger partial charge is 0.227 e. The van der Waals surface area contributed by atoms with Crippen LogP contribution in [0, 0.1) is 0 Å². The van der Waals surface area contributed by atoms with Crippen LogP contribution in [0.25, 0.3) is 0 Å². The first-order chi connectivity index (χ1) is 13.5. The Balaban J connectivity index is 1.47. The van der Waals surface area contributed by atoms with Gasteiger partial charge in [0.2, 0.25) is 11.2 Å². The highest BCUT2D eigenvalue weighted by Gasteiger charge is 2.26. The molecule has 1 atom stereocenters. The third kappa shape index (κ3) is 3.89. The number of fused-ring (bicyclic) bond motifs is 1. The molecule has 4 rings (SSSR count). The van der Waals surface area contributed by atoms with Crippen molar-refractivity contribution in [2.24, 2.45) is 0 Å². The Bertz CT molecular complexity index is 1060. The third-order valence-electron chi connectivity index (χ3n) is 4.93. The zero-order valence-electron chi connectivity index (χ0n) is 15.3. The summed E-state index contributed by atoms with van der Waals surface area (Å²) in [6, 6.07) is 15.3. The lowest BCUT2D eigenvalue weighted by Crippen LogP contribution is -2.29. The van der Waals surface area contributed by atoms with Crippen LogP contribution in [0.5, 0.6) is 5.75 Å². The monoisotopic (exact) mass is 415 g/mol. The van der Waals surface area contributed by atoms with E-state index in [1.165, 1.54) is 23.6 Å². The highest BCUT2D eigenvalue weighted by atomic mass is 35.5. The van der Waals surface area contributed by atoms with Crippen molar-refractivity contribution < 1.29 is 9.15 Å². The minimum absolute atomic E-state index is 0.157. The highest BCUT2D eigenvalue weighted by Crippen LogP contribution is 2.33. The van der Waals surface area contributed by atoms with E-state index in [1.807, 2.05) is 12.1 Å². The van der Waals surface area contributed by atoms with Crippen molar-refractivity contribution in [3.63, 3.8) is 0 Å². The molecule has 0 radical (unpaired) electrons. The van der Waals surface area contributed by atoms with Gasteiger partial charge in [-0.15, -0.1) is 0 Å². The van der Waals surface area contributed by atoms with E-state index in [-0.39, 0.29) is 17.8 Å². The van der Waals surface area contributed by atoms with Crippen molar-refractivity contribution in [3.8, 4) is 5.75 Å². The molecule has 1 aromatic heterocycles. The molecule has 0 spiro atoms. The maximum absolute atomic E-state index is 12.4. The zero-order valence-corrected chi connectivity index (χ0v) is 16.8. The summed E-state index contributed by atoms with van der Waals surface area (Å²) in [5.41, 5.74) is 3.04. The fourth-order valence-electron chi connectivity index (χ4n) is 3.46. The summed E-state index contributed by atoms with van der Waals surface area (Å²) in [5, 5.41) is 1.05. The van der Waals surface area contributed by atoms with Gasteiger partial charge in [0.05, 0.1) is 6.54 Å². The fraction of sp³-hybridized carbons (Fsp3) is 0.227. The van der Waals surface area contributed by atoms with Gasteiger partial charge in [-0.25, -0.2) is 0 Å². The van der Waals surface area contributed by atoms with Crippen molar-refractivity contribution in [2.75, 3.05) is 4.90 Å². The SMILES string of the molecule is C[C@@H]1Cc2ccccc2N1Cc1cc(=O)c(OCc2ccc(Cl)cc2Cl)co1. The van der Waals surface area contributed by atoms with Gasteiger partial charge in [0.1, 0.15) is 18.6 Å². The molecule has 0 saturated heterocycles. The lowest BCUT2D eigenvalue weighted by atomic mass is 10.1. The number of nitrogens with zero attached hydrogens (tertiary/aromatic N) is 1. The van der Waals surface area contributed by atoms with Gasteiger partial charge in [-0.2, -0.15) is 0 Å². The fourth-order valence-corrected chi connectivity index (χ4v) is 3.92. The molecule has 0 saturated carbocycles. The van der Waals surface area contributed by atoms with Gasteiger partial charge in [-0.3, -0.25) is 4.79 Å². The number of anilines is 1. The Morgan fingerprint density at radius 2 is 2.00 bits per heavy atom. The van der Waals surface area contributed by atoms with Crippen LogP contribution >= 0.6 is 23.2 Å². The molecular formula is C22H19Cl2NO3. The van der Waals surface area contributed by atoms with Crippen LogP contribution in [0.4, 0.5) is 5.69 Å². The lowest BCUT2D eigenvalue weighted by molar-refractivity contribution is 0.289. The summed E-state index contributed by atoms with van der Waals surface area (Å²) in [5.74, 6) is 0.759. The van der Waals surface area contributed by atoms with E-state index in [0.717, 1.165) is 12.0 Å². The molecule has 0 amide bonds. The van der Waals surface area contributed by atoms with Crippen LogP contribution in [0.2, 0.25) is 10.0 Å². The number of rotatable bonds is 5. The van der Waals surface area contributed by atoms with Crippen LogP contribution in [-0.2, 0) is 19.6 Å². The van der Waals surface area contributed by atoms with Crippen molar-refractivity contribution in [1.29, 1.82) is 0 Å². The van der Waals surface area contributed by atoms with Crippen molar-refractivity contribution in [1.82, 2.24) is 0 Å². The Hall–Kier alpha value is -2.43. The number of para-hydroxylation sites is 1. The quantitative estimate of drug-likeness (QED) is 0.553. The summed E-state index contributed by atoms with van der Waals surface area (Å²) in [7, 11) is 0. The summed E-state index contributed by atoms with van der Waals surface area (Å²) in [6.45, 7) is 2.87. The molecule has 0 unspecified atom stereocenters. The number of hydrogen-bond acceptors (Lipinski definition) is 4.